The zero-order chi connectivity index (χ0) is 17.1. The molecule has 1 fully saturated rings. The van der Waals surface area contributed by atoms with Gasteiger partial charge in [-0.25, -0.2) is 0 Å². The van der Waals surface area contributed by atoms with Crippen LogP contribution in [0.2, 0.25) is 0 Å². The summed E-state index contributed by atoms with van der Waals surface area (Å²) < 4.78 is 8.01. The molecule has 1 aromatic carbocycles. The van der Waals surface area contributed by atoms with Crippen LogP contribution in [-0.4, -0.2) is 32.2 Å². The van der Waals surface area contributed by atoms with E-state index >= 15 is 0 Å². The molecule has 5 heteroatoms. The van der Waals surface area contributed by atoms with Crippen LogP contribution < -0.4 is 0 Å². The molecule has 24 heavy (non-hydrogen) atoms. The Bertz CT molecular complexity index is 702. The summed E-state index contributed by atoms with van der Waals surface area (Å²) in [6.07, 6.45) is 4.62. The summed E-state index contributed by atoms with van der Waals surface area (Å²) in [7, 11) is 0. The molecule has 0 N–H and O–H groups in total. The third-order valence-corrected chi connectivity index (χ3v) is 5.46. The molecule has 0 bridgehead atoms. The Labute approximate surface area is 148 Å². The van der Waals surface area contributed by atoms with Crippen LogP contribution >= 0.6 is 11.8 Å². The zero-order valence-electron chi connectivity index (χ0n) is 14.6. The number of benzene rings is 1. The van der Waals surface area contributed by atoms with E-state index in [0.29, 0.717) is 24.0 Å². The van der Waals surface area contributed by atoms with Crippen LogP contribution in [0.15, 0.2) is 42.1 Å². The van der Waals surface area contributed by atoms with E-state index in [9.17, 15) is 0 Å². The second-order valence-electron chi connectivity index (χ2n) is 6.54. The third-order valence-electron chi connectivity index (χ3n) is 4.23. The lowest BCUT2D eigenvalue weighted by molar-refractivity contribution is -0.0265. The number of hydrogen-bond donors (Lipinski definition) is 0. The summed E-state index contributed by atoms with van der Waals surface area (Å²) in [4.78, 5) is 0. The van der Waals surface area contributed by atoms with E-state index in [1.54, 1.807) is 0 Å². The minimum atomic E-state index is 0.304. The topological polar surface area (TPSA) is 39.9 Å². The van der Waals surface area contributed by atoms with Crippen LogP contribution in [0.4, 0.5) is 0 Å². The van der Waals surface area contributed by atoms with Gasteiger partial charge in [0.1, 0.15) is 0 Å². The summed E-state index contributed by atoms with van der Waals surface area (Å²) in [5.41, 5.74) is 2.33. The van der Waals surface area contributed by atoms with Crippen LogP contribution in [0.1, 0.15) is 32.3 Å². The SMILES string of the molecule is C=CCn1c(SC2C[C@@H](C)O[C@@H](C)C2)nnc1-c1cccc(C)c1. The largest absolute Gasteiger partial charge is 0.375 e. The van der Waals surface area contributed by atoms with Gasteiger partial charge >= 0.3 is 0 Å². The molecule has 0 aliphatic carbocycles. The highest BCUT2D eigenvalue weighted by atomic mass is 32.2. The maximum absolute atomic E-state index is 5.85. The fraction of sp³-hybridized carbons (Fsp3) is 0.474. The molecular formula is C19H25N3OS. The molecule has 1 unspecified atom stereocenters. The molecule has 1 aromatic heterocycles. The Morgan fingerprint density at radius 1 is 1.29 bits per heavy atom. The van der Waals surface area contributed by atoms with E-state index in [-0.39, 0.29) is 0 Å². The number of hydrogen-bond acceptors (Lipinski definition) is 4. The lowest BCUT2D eigenvalue weighted by Gasteiger charge is -2.31. The van der Waals surface area contributed by atoms with Gasteiger partial charge in [0.2, 0.25) is 0 Å². The van der Waals surface area contributed by atoms with Gasteiger partial charge in [0.25, 0.3) is 0 Å². The van der Waals surface area contributed by atoms with Crippen LogP contribution in [0.5, 0.6) is 0 Å². The van der Waals surface area contributed by atoms with Crippen molar-refractivity contribution in [2.75, 3.05) is 0 Å². The highest BCUT2D eigenvalue weighted by molar-refractivity contribution is 7.99. The maximum atomic E-state index is 5.85. The standard InChI is InChI=1S/C19H25N3OS/c1-5-9-22-18(16-8-6-7-13(2)10-16)20-21-19(22)24-17-11-14(3)23-15(4)12-17/h5-8,10,14-15,17H,1,9,11-12H2,2-4H3/t14-,15+,17?. The van der Waals surface area contributed by atoms with Crippen molar-refractivity contribution >= 4 is 11.8 Å². The predicted octanol–water partition coefficient (Wildman–Crippen LogP) is 4.49. The van der Waals surface area contributed by atoms with Gasteiger partial charge in [0, 0.05) is 17.4 Å². The average Bonchev–Trinajstić information content (AvgIpc) is 2.89. The number of aromatic nitrogens is 3. The molecule has 1 aliphatic rings. The van der Waals surface area contributed by atoms with Crippen molar-refractivity contribution in [2.24, 2.45) is 0 Å². The minimum absolute atomic E-state index is 0.304. The van der Waals surface area contributed by atoms with Crippen LogP contribution in [-0.2, 0) is 11.3 Å². The fourth-order valence-corrected chi connectivity index (χ4v) is 4.67. The third kappa shape index (κ3) is 3.90. The minimum Gasteiger partial charge on any atom is -0.375 e. The summed E-state index contributed by atoms with van der Waals surface area (Å²) >= 11 is 1.82. The maximum Gasteiger partial charge on any atom is 0.192 e. The van der Waals surface area contributed by atoms with E-state index in [4.69, 9.17) is 4.74 Å². The Balaban J connectivity index is 1.87. The molecule has 1 saturated heterocycles. The zero-order valence-corrected chi connectivity index (χ0v) is 15.4. The van der Waals surface area contributed by atoms with E-state index in [1.165, 1.54) is 5.56 Å². The molecule has 0 radical (unpaired) electrons. The van der Waals surface area contributed by atoms with E-state index in [1.807, 2.05) is 17.8 Å². The van der Waals surface area contributed by atoms with Crippen molar-refractivity contribution in [1.82, 2.24) is 14.8 Å². The number of thioether (sulfide) groups is 1. The first-order chi connectivity index (χ1) is 11.6. The van der Waals surface area contributed by atoms with Crippen molar-refractivity contribution in [3.8, 4) is 11.4 Å². The molecule has 2 heterocycles. The second-order valence-corrected chi connectivity index (χ2v) is 7.81. The Hall–Kier alpha value is -1.59. The molecule has 0 saturated carbocycles. The lowest BCUT2D eigenvalue weighted by Crippen LogP contribution is -2.30. The Morgan fingerprint density at radius 2 is 2.04 bits per heavy atom. The Kier molecular flexibility index (Phi) is 5.41. The molecule has 128 valence electrons. The average molecular weight is 343 g/mol. The molecule has 0 spiro atoms. The van der Waals surface area contributed by atoms with Gasteiger partial charge in [0.05, 0.1) is 12.2 Å². The van der Waals surface area contributed by atoms with Crippen molar-refractivity contribution in [3.63, 3.8) is 0 Å². The summed E-state index contributed by atoms with van der Waals surface area (Å²) in [5.74, 6) is 0.911. The van der Waals surface area contributed by atoms with Crippen LogP contribution in [0, 0.1) is 6.92 Å². The van der Waals surface area contributed by atoms with Crippen molar-refractivity contribution < 1.29 is 4.74 Å². The molecule has 4 nitrogen and oxygen atoms in total. The smallest absolute Gasteiger partial charge is 0.192 e. The molecule has 3 atom stereocenters. The van der Waals surface area contributed by atoms with E-state index in [2.05, 4.69) is 66.4 Å². The van der Waals surface area contributed by atoms with Crippen molar-refractivity contribution in [1.29, 1.82) is 0 Å². The van der Waals surface area contributed by atoms with Crippen molar-refractivity contribution in [2.45, 2.75) is 62.8 Å². The van der Waals surface area contributed by atoms with Gasteiger partial charge in [-0.2, -0.15) is 0 Å². The van der Waals surface area contributed by atoms with Crippen molar-refractivity contribution in [3.05, 3.63) is 42.5 Å². The summed E-state index contributed by atoms with van der Waals surface area (Å²) in [6, 6.07) is 8.39. The van der Waals surface area contributed by atoms with Crippen LogP contribution in [0.3, 0.4) is 0 Å². The number of allylic oxidation sites excluding steroid dienone is 1. The van der Waals surface area contributed by atoms with Gasteiger partial charge in [-0.1, -0.05) is 41.6 Å². The van der Waals surface area contributed by atoms with E-state index < -0.39 is 0 Å². The number of nitrogens with zero attached hydrogens (tertiary/aromatic N) is 3. The molecule has 3 rings (SSSR count). The summed E-state index contributed by atoms with van der Waals surface area (Å²) in [6.45, 7) is 11.0. The molecule has 0 amide bonds. The quantitative estimate of drug-likeness (QED) is 0.750. The van der Waals surface area contributed by atoms with Crippen LogP contribution in [0.25, 0.3) is 11.4 Å². The molecule has 2 aromatic rings. The predicted molar refractivity (Wildman–Crippen MR) is 99.3 cm³/mol. The van der Waals surface area contributed by atoms with Gasteiger partial charge in [-0.15, -0.1) is 16.8 Å². The Morgan fingerprint density at radius 3 is 2.71 bits per heavy atom. The number of ether oxygens (including phenoxy) is 1. The first-order valence-corrected chi connectivity index (χ1v) is 9.38. The monoisotopic (exact) mass is 343 g/mol. The molecular weight excluding hydrogens is 318 g/mol. The van der Waals surface area contributed by atoms with E-state index in [0.717, 1.165) is 29.4 Å². The highest BCUT2D eigenvalue weighted by Crippen LogP contribution is 2.34. The summed E-state index contributed by atoms with van der Waals surface area (Å²) in [5, 5.41) is 10.4. The van der Waals surface area contributed by atoms with Gasteiger partial charge in [-0.3, -0.25) is 4.57 Å². The number of rotatable bonds is 5. The number of aryl methyl sites for hydroxylation is 1. The highest BCUT2D eigenvalue weighted by Gasteiger charge is 2.27. The van der Waals surface area contributed by atoms with Gasteiger partial charge < -0.3 is 4.74 Å². The van der Waals surface area contributed by atoms with Gasteiger partial charge in [0.15, 0.2) is 11.0 Å². The second kappa shape index (κ2) is 7.53. The first kappa shape index (κ1) is 17.2. The lowest BCUT2D eigenvalue weighted by atomic mass is 10.1. The fourth-order valence-electron chi connectivity index (χ4n) is 3.26. The van der Waals surface area contributed by atoms with Gasteiger partial charge in [-0.05, 0) is 39.7 Å². The molecule has 1 aliphatic heterocycles. The first-order valence-electron chi connectivity index (χ1n) is 8.50. The normalized spacial score (nSPS) is 24.0.